The molecule has 1 N–H and O–H groups in total. The summed E-state index contributed by atoms with van der Waals surface area (Å²) in [6.45, 7) is 2.99. The van der Waals surface area contributed by atoms with Crippen LogP contribution in [0.5, 0.6) is 0 Å². The molecule has 0 aliphatic carbocycles. The molecule has 1 heterocycles. The van der Waals surface area contributed by atoms with Gasteiger partial charge in [0.1, 0.15) is 0 Å². The third-order valence-corrected chi connectivity index (χ3v) is 4.39. The molecule has 1 atom stereocenters. The van der Waals surface area contributed by atoms with Crippen LogP contribution in [0.25, 0.3) is 0 Å². The molecular weight excluding hydrogens is 277 g/mol. The molecule has 0 saturated carbocycles. The Morgan fingerprint density at radius 3 is 2.58 bits per heavy atom. The van der Waals surface area contributed by atoms with Crippen LogP contribution in [0.4, 0.5) is 5.69 Å². The van der Waals surface area contributed by atoms with Gasteiger partial charge in [-0.1, -0.05) is 41.4 Å². The minimum absolute atomic E-state index is 0.491. The van der Waals surface area contributed by atoms with Crippen molar-refractivity contribution in [1.29, 1.82) is 0 Å². The van der Waals surface area contributed by atoms with Crippen molar-refractivity contribution in [2.75, 3.05) is 11.9 Å². The van der Waals surface area contributed by atoms with Crippen LogP contribution in [0, 0.1) is 6.92 Å². The van der Waals surface area contributed by atoms with Gasteiger partial charge in [-0.05, 0) is 48.2 Å². The van der Waals surface area contributed by atoms with Gasteiger partial charge in [0, 0.05) is 28.2 Å². The molecule has 3 heteroatoms. The molecule has 2 aromatic carbocycles. The summed E-state index contributed by atoms with van der Waals surface area (Å²) in [5.41, 5.74) is 4.98. The minimum atomic E-state index is 0.491. The van der Waals surface area contributed by atoms with E-state index in [0.29, 0.717) is 5.92 Å². The van der Waals surface area contributed by atoms with Crippen LogP contribution in [0.15, 0.2) is 36.4 Å². The highest BCUT2D eigenvalue weighted by Gasteiger charge is 2.20. The number of hydrogen-bond donors (Lipinski definition) is 1. The molecular formula is C16H15Cl2N. The van der Waals surface area contributed by atoms with E-state index in [1.807, 2.05) is 18.2 Å². The lowest BCUT2D eigenvalue weighted by atomic mass is 9.88. The molecule has 2 aromatic rings. The van der Waals surface area contributed by atoms with E-state index in [1.165, 1.54) is 16.8 Å². The molecule has 1 aliphatic rings. The van der Waals surface area contributed by atoms with Crippen molar-refractivity contribution in [1.82, 2.24) is 0 Å². The third kappa shape index (κ3) is 2.58. The molecule has 0 spiro atoms. The Hall–Kier alpha value is -1.18. The summed E-state index contributed by atoms with van der Waals surface area (Å²) in [6.07, 6.45) is 1.04. The zero-order valence-corrected chi connectivity index (χ0v) is 12.2. The number of aryl methyl sites for hydroxylation is 1. The van der Waals surface area contributed by atoms with E-state index in [0.717, 1.165) is 28.6 Å². The van der Waals surface area contributed by atoms with Crippen molar-refractivity contribution >= 4 is 28.9 Å². The van der Waals surface area contributed by atoms with Gasteiger partial charge in [-0.2, -0.15) is 0 Å². The van der Waals surface area contributed by atoms with Crippen molar-refractivity contribution in [3.8, 4) is 0 Å². The van der Waals surface area contributed by atoms with Gasteiger partial charge < -0.3 is 5.32 Å². The Morgan fingerprint density at radius 1 is 1.11 bits per heavy atom. The molecule has 1 nitrogen and oxygen atoms in total. The fraction of sp³-hybridized carbons (Fsp3) is 0.250. The maximum Gasteiger partial charge on any atom is 0.0455 e. The normalized spacial score (nSPS) is 17.7. The highest BCUT2D eigenvalue weighted by atomic mass is 35.5. The summed E-state index contributed by atoms with van der Waals surface area (Å²) in [5.74, 6) is 0.491. The van der Waals surface area contributed by atoms with Crippen molar-refractivity contribution in [3.63, 3.8) is 0 Å². The number of hydrogen-bond acceptors (Lipinski definition) is 1. The van der Waals surface area contributed by atoms with E-state index in [2.05, 4.69) is 30.4 Å². The lowest BCUT2D eigenvalue weighted by molar-refractivity contribution is 0.694. The Balaban J connectivity index is 1.89. The minimum Gasteiger partial charge on any atom is -0.384 e. The van der Waals surface area contributed by atoms with Gasteiger partial charge in [0.25, 0.3) is 0 Å². The Bertz CT molecular complexity index is 605. The second-order valence-electron chi connectivity index (χ2n) is 5.09. The average molecular weight is 292 g/mol. The molecule has 98 valence electrons. The van der Waals surface area contributed by atoms with Crippen LogP contribution in [-0.2, 0) is 6.42 Å². The summed E-state index contributed by atoms with van der Waals surface area (Å²) in [5, 5.41) is 5.09. The molecule has 0 bridgehead atoms. The molecule has 1 aliphatic heterocycles. The predicted octanol–water partition coefficient (Wildman–Crippen LogP) is 5.05. The first kappa shape index (κ1) is 12.8. The lowest BCUT2D eigenvalue weighted by Gasteiger charge is -2.27. The van der Waals surface area contributed by atoms with Crippen molar-refractivity contribution in [2.45, 2.75) is 19.3 Å². The molecule has 0 saturated heterocycles. The van der Waals surface area contributed by atoms with Gasteiger partial charge in [-0.3, -0.25) is 0 Å². The van der Waals surface area contributed by atoms with Crippen LogP contribution in [0.1, 0.15) is 22.6 Å². The van der Waals surface area contributed by atoms with Gasteiger partial charge in [0.05, 0.1) is 0 Å². The van der Waals surface area contributed by atoms with Crippen LogP contribution in [0.3, 0.4) is 0 Å². The predicted molar refractivity (Wildman–Crippen MR) is 82.6 cm³/mol. The maximum absolute atomic E-state index is 6.16. The first-order valence-corrected chi connectivity index (χ1v) is 7.17. The van der Waals surface area contributed by atoms with Crippen molar-refractivity contribution < 1.29 is 0 Å². The number of fused-ring (bicyclic) bond motifs is 1. The molecule has 19 heavy (non-hydrogen) atoms. The largest absolute Gasteiger partial charge is 0.384 e. The number of nitrogens with one attached hydrogen (secondary N) is 1. The Kier molecular flexibility index (Phi) is 3.42. The average Bonchev–Trinajstić information content (AvgIpc) is 2.40. The summed E-state index contributed by atoms with van der Waals surface area (Å²) in [4.78, 5) is 0. The first-order valence-electron chi connectivity index (χ1n) is 6.42. The Morgan fingerprint density at radius 2 is 1.84 bits per heavy atom. The van der Waals surface area contributed by atoms with E-state index in [-0.39, 0.29) is 0 Å². The van der Waals surface area contributed by atoms with E-state index < -0.39 is 0 Å². The van der Waals surface area contributed by atoms with Gasteiger partial charge in [0.2, 0.25) is 0 Å². The van der Waals surface area contributed by atoms with E-state index >= 15 is 0 Å². The van der Waals surface area contributed by atoms with Crippen LogP contribution in [0.2, 0.25) is 10.0 Å². The number of halogens is 2. The van der Waals surface area contributed by atoms with E-state index in [9.17, 15) is 0 Å². The number of benzene rings is 2. The number of rotatable bonds is 1. The fourth-order valence-corrected chi connectivity index (χ4v) is 2.91. The van der Waals surface area contributed by atoms with Gasteiger partial charge in [0.15, 0.2) is 0 Å². The first-order chi connectivity index (χ1) is 9.13. The molecule has 0 amide bonds. The molecule has 0 radical (unpaired) electrons. The van der Waals surface area contributed by atoms with Gasteiger partial charge in [-0.25, -0.2) is 0 Å². The smallest absolute Gasteiger partial charge is 0.0455 e. The summed E-state index contributed by atoms with van der Waals surface area (Å²) in [6, 6.07) is 12.4. The lowest BCUT2D eigenvalue weighted by Crippen LogP contribution is -2.21. The maximum atomic E-state index is 6.16. The van der Waals surface area contributed by atoms with Gasteiger partial charge >= 0.3 is 0 Å². The highest BCUT2D eigenvalue weighted by molar-refractivity contribution is 6.31. The van der Waals surface area contributed by atoms with Crippen molar-refractivity contribution in [2.24, 2.45) is 0 Å². The Labute approximate surface area is 123 Å². The standard InChI is InChI=1S/C16H15Cl2N/c1-10-6-12-7-13(9-19-16(12)8-15(10)18)11-2-4-14(17)5-3-11/h2-6,8,13,19H,7,9H2,1H3. The zero-order valence-electron chi connectivity index (χ0n) is 10.7. The quantitative estimate of drug-likeness (QED) is 0.775. The molecule has 3 rings (SSSR count). The second kappa shape index (κ2) is 5.07. The molecule has 0 fully saturated rings. The summed E-state index contributed by atoms with van der Waals surface area (Å²) >= 11 is 12.1. The van der Waals surface area contributed by atoms with Crippen LogP contribution < -0.4 is 5.32 Å². The van der Waals surface area contributed by atoms with Crippen molar-refractivity contribution in [3.05, 3.63) is 63.1 Å². The van der Waals surface area contributed by atoms with Crippen LogP contribution in [-0.4, -0.2) is 6.54 Å². The molecule has 1 unspecified atom stereocenters. The third-order valence-electron chi connectivity index (χ3n) is 3.73. The second-order valence-corrected chi connectivity index (χ2v) is 5.94. The zero-order chi connectivity index (χ0) is 13.4. The highest BCUT2D eigenvalue weighted by Crippen LogP contribution is 2.34. The fourth-order valence-electron chi connectivity index (χ4n) is 2.62. The number of anilines is 1. The van der Waals surface area contributed by atoms with Crippen LogP contribution >= 0.6 is 23.2 Å². The molecule has 0 aromatic heterocycles. The van der Waals surface area contributed by atoms with E-state index in [4.69, 9.17) is 23.2 Å². The summed E-state index contributed by atoms with van der Waals surface area (Å²) < 4.78 is 0. The summed E-state index contributed by atoms with van der Waals surface area (Å²) in [7, 11) is 0. The SMILES string of the molecule is Cc1cc2c(cc1Cl)NCC(c1ccc(Cl)cc1)C2. The monoisotopic (exact) mass is 291 g/mol. The van der Waals surface area contributed by atoms with Gasteiger partial charge in [-0.15, -0.1) is 0 Å². The van der Waals surface area contributed by atoms with E-state index in [1.54, 1.807) is 0 Å². The topological polar surface area (TPSA) is 12.0 Å².